The maximum absolute atomic E-state index is 10.2. The van der Waals surface area contributed by atoms with Crippen molar-refractivity contribution in [2.45, 2.75) is 78.4 Å². The predicted octanol–water partition coefficient (Wildman–Crippen LogP) is 3.70. The van der Waals surface area contributed by atoms with Crippen molar-refractivity contribution in [1.82, 2.24) is 4.90 Å². The summed E-state index contributed by atoms with van der Waals surface area (Å²) in [6.07, 6.45) is 7.51. The zero-order valence-corrected chi connectivity index (χ0v) is 15.2. The summed E-state index contributed by atoms with van der Waals surface area (Å²) in [5, 5.41) is 10.2. The van der Waals surface area contributed by atoms with Crippen LogP contribution in [0.15, 0.2) is 0 Å². The average Bonchev–Trinajstić information content (AvgIpc) is 2.45. The van der Waals surface area contributed by atoms with Gasteiger partial charge in [-0.05, 0) is 62.3 Å². The Morgan fingerprint density at radius 2 is 1.82 bits per heavy atom. The molecule has 1 aliphatic carbocycles. The smallest absolute Gasteiger partial charge is 0.0900 e. The first-order valence-electron chi connectivity index (χ1n) is 9.36. The lowest BCUT2D eigenvalue weighted by Gasteiger charge is -2.37. The molecule has 0 radical (unpaired) electrons. The molecule has 0 aromatic rings. The highest BCUT2D eigenvalue weighted by molar-refractivity contribution is 4.81. The summed E-state index contributed by atoms with van der Waals surface area (Å²) < 4.78 is 6.00. The maximum atomic E-state index is 10.2. The largest absolute Gasteiger partial charge is 0.389 e. The minimum Gasteiger partial charge on any atom is -0.389 e. The average molecular weight is 312 g/mol. The fourth-order valence-electron chi connectivity index (χ4n) is 4.15. The molecule has 22 heavy (non-hydrogen) atoms. The Balaban J connectivity index is 1.62. The molecule has 1 N–H and O–H groups in total. The molecule has 0 aromatic heterocycles. The molecule has 0 aromatic carbocycles. The maximum Gasteiger partial charge on any atom is 0.0900 e. The second kappa shape index (κ2) is 8.12. The third-order valence-corrected chi connectivity index (χ3v) is 5.63. The summed E-state index contributed by atoms with van der Waals surface area (Å²) in [6.45, 7) is 12.9. The van der Waals surface area contributed by atoms with Crippen LogP contribution in [0.4, 0.5) is 0 Å². The molecule has 1 saturated carbocycles. The summed E-state index contributed by atoms with van der Waals surface area (Å²) in [5.74, 6) is 1.60. The van der Waals surface area contributed by atoms with Gasteiger partial charge in [0.15, 0.2) is 0 Å². The minimum absolute atomic E-state index is 0.328. The molecule has 2 atom stereocenters. The van der Waals surface area contributed by atoms with Gasteiger partial charge >= 0.3 is 0 Å². The van der Waals surface area contributed by atoms with Crippen LogP contribution in [0.3, 0.4) is 0 Å². The van der Waals surface area contributed by atoms with E-state index in [1.165, 1.54) is 25.7 Å². The zero-order chi connectivity index (χ0) is 16.2. The van der Waals surface area contributed by atoms with E-state index in [-0.39, 0.29) is 6.10 Å². The second-order valence-electron chi connectivity index (χ2n) is 8.83. The van der Waals surface area contributed by atoms with Gasteiger partial charge in [-0.3, -0.25) is 0 Å². The second-order valence-corrected chi connectivity index (χ2v) is 8.83. The molecule has 0 spiro atoms. The molecular weight excluding hydrogens is 274 g/mol. The van der Waals surface area contributed by atoms with Crippen molar-refractivity contribution in [3.05, 3.63) is 0 Å². The van der Waals surface area contributed by atoms with Gasteiger partial charge in [-0.1, -0.05) is 27.7 Å². The summed E-state index contributed by atoms with van der Waals surface area (Å²) in [4.78, 5) is 2.40. The van der Waals surface area contributed by atoms with Crippen LogP contribution < -0.4 is 0 Å². The molecule has 2 fully saturated rings. The first-order valence-corrected chi connectivity index (χ1v) is 9.36. The van der Waals surface area contributed by atoms with E-state index in [2.05, 4.69) is 32.6 Å². The molecule has 2 rings (SSSR count). The first kappa shape index (κ1) is 18.2. The number of piperidine rings is 1. The number of aliphatic hydroxyl groups is 1. The van der Waals surface area contributed by atoms with E-state index in [0.717, 1.165) is 44.3 Å². The molecule has 0 bridgehead atoms. The molecule has 1 heterocycles. The van der Waals surface area contributed by atoms with Crippen molar-refractivity contribution in [3.63, 3.8) is 0 Å². The van der Waals surface area contributed by atoms with E-state index < -0.39 is 0 Å². The van der Waals surface area contributed by atoms with E-state index in [1.807, 2.05) is 0 Å². The number of rotatable bonds is 5. The van der Waals surface area contributed by atoms with Gasteiger partial charge in [0.2, 0.25) is 0 Å². The van der Waals surface area contributed by atoms with Crippen molar-refractivity contribution in [3.8, 4) is 0 Å². The number of hydrogen-bond donors (Lipinski definition) is 1. The number of nitrogens with zero attached hydrogens (tertiary/aromatic N) is 1. The van der Waals surface area contributed by atoms with Gasteiger partial charge in [0.05, 0.1) is 18.8 Å². The fraction of sp³-hybridized carbons (Fsp3) is 1.00. The van der Waals surface area contributed by atoms with E-state index in [4.69, 9.17) is 4.74 Å². The van der Waals surface area contributed by atoms with Gasteiger partial charge in [-0.25, -0.2) is 0 Å². The molecule has 3 heteroatoms. The highest BCUT2D eigenvalue weighted by Gasteiger charge is 2.30. The lowest BCUT2D eigenvalue weighted by atomic mass is 9.72. The van der Waals surface area contributed by atoms with Gasteiger partial charge in [0, 0.05) is 13.1 Å². The predicted molar refractivity (Wildman–Crippen MR) is 92.0 cm³/mol. The van der Waals surface area contributed by atoms with Crippen LogP contribution in [0.25, 0.3) is 0 Å². The molecule has 0 unspecified atom stereocenters. The van der Waals surface area contributed by atoms with E-state index in [9.17, 15) is 5.11 Å². The molecular formula is C19H37NO2. The number of aliphatic hydroxyl groups excluding tert-OH is 1. The molecule has 130 valence electrons. The lowest BCUT2D eigenvalue weighted by Crippen LogP contribution is -2.41. The summed E-state index contributed by atoms with van der Waals surface area (Å²) in [7, 11) is 0. The Morgan fingerprint density at radius 1 is 1.14 bits per heavy atom. The molecule has 0 amide bonds. The standard InChI is InChI=1S/C19H37NO2/c1-15-6-5-11-20(12-15)13-17(21)14-22-18-9-7-16(8-10-18)19(2,3)4/h15-18,21H,5-14H2,1-4H3/t15-,16?,17-,18?/m1/s1. The zero-order valence-electron chi connectivity index (χ0n) is 15.2. The molecule has 1 aliphatic heterocycles. The van der Waals surface area contributed by atoms with Gasteiger partial charge in [0.25, 0.3) is 0 Å². The Hall–Kier alpha value is -0.120. The Labute approximate surface area is 137 Å². The quantitative estimate of drug-likeness (QED) is 0.840. The normalized spacial score (nSPS) is 32.9. The Bertz CT molecular complexity index is 318. The van der Waals surface area contributed by atoms with Crippen LogP contribution in [-0.4, -0.2) is 48.5 Å². The van der Waals surface area contributed by atoms with Gasteiger partial charge in [-0.2, -0.15) is 0 Å². The van der Waals surface area contributed by atoms with Crippen LogP contribution in [-0.2, 0) is 4.74 Å². The highest BCUT2D eigenvalue weighted by atomic mass is 16.5. The van der Waals surface area contributed by atoms with Crippen LogP contribution in [0.5, 0.6) is 0 Å². The lowest BCUT2D eigenvalue weighted by molar-refractivity contribution is -0.0466. The first-order chi connectivity index (χ1) is 10.3. The van der Waals surface area contributed by atoms with E-state index in [0.29, 0.717) is 18.1 Å². The van der Waals surface area contributed by atoms with E-state index >= 15 is 0 Å². The third kappa shape index (κ3) is 5.82. The minimum atomic E-state index is -0.328. The summed E-state index contributed by atoms with van der Waals surface area (Å²) >= 11 is 0. The molecule has 1 saturated heterocycles. The van der Waals surface area contributed by atoms with Crippen molar-refractivity contribution < 1.29 is 9.84 Å². The highest BCUT2D eigenvalue weighted by Crippen LogP contribution is 2.38. The fourth-order valence-corrected chi connectivity index (χ4v) is 4.15. The molecule has 2 aliphatic rings. The van der Waals surface area contributed by atoms with Crippen molar-refractivity contribution in [2.75, 3.05) is 26.2 Å². The number of hydrogen-bond acceptors (Lipinski definition) is 3. The molecule has 3 nitrogen and oxygen atoms in total. The number of likely N-dealkylation sites (tertiary alicyclic amines) is 1. The Morgan fingerprint density at radius 3 is 2.41 bits per heavy atom. The number of ether oxygens (including phenoxy) is 1. The van der Waals surface area contributed by atoms with Gasteiger partial charge in [0.1, 0.15) is 0 Å². The number of β-amino-alcohol motifs (C(OH)–C–C–N with tert-alkyl or cyclic N) is 1. The SMILES string of the molecule is C[C@@H]1CCCN(C[C@@H](O)COC2CCC(C(C)(C)C)CC2)C1. The van der Waals surface area contributed by atoms with Crippen LogP contribution >= 0.6 is 0 Å². The van der Waals surface area contributed by atoms with Crippen LogP contribution in [0.1, 0.15) is 66.2 Å². The van der Waals surface area contributed by atoms with Gasteiger partial charge in [-0.15, -0.1) is 0 Å². The van der Waals surface area contributed by atoms with Crippen molar-refractivity contribution >= 4 is 0 Å². The van der Waals surface area contributed by atoms with Crippen molar-refractivity contribution in [1.29, 1.82) is 0 Å². The summed E-state index contributed by atoms with van der Waals surface area (Å²) in [5.41, 5.74) is 0.426. The Kier molecular flexibility index (Phi) is 6.73. The van der Waals surface area contributed by atoms with Crippen LogP contribution in [0, 0.1) is 17.3 Å². The monoisotopic (exact) mass is 311 g/mol. The van der Waals surface area contributed by atoms with Gasteiger partial charge < -0.3 is 14.7 Å². The van der Waals surface area contributed by atoms with E-state index in [1.54, 1.807) is 0 Å². The third-order valence-electron chi connectivity index (χ3n) is 5.63. The summed E-state index contributed by atoms with van der Waals surface area (Å²) in [6, 6.07) is 0. The van der Waals surface area contributed by atoms with Crippen LogP contribution in [0.2, 0.25) is 0 Å². The topological polar surface area (TPSA) is 32.7 Å². The van der Waals surface area contributed by atoms with Crippen molar-refractivity contribution in [2.24, 2.45) is 17.3 Å².